The number of carboxylic acid groups (broad SMARTS) is 1. The molecule has 0 heterocycles. The smallest absolute Gasteiger partial charge is 0.407 e. The fraction of sp³-hybridized carbons (Fsp3) is 0.792. The van der Waals surface area contributed by atoms with E-state index in [9.17, 15) is 14.4 Å². The normalized spacial score (nSPS) is 7.97. The van der Waals surface area contributed by atoms with Gasteiger partial charge in [-0.25, -0.2) is 19.6 Å². The minimum atomic E-state index is -0.833. The first-order valence-electron chi connectivity index (χ1n) is 10.6. The fourth-order valence-corrected chi connectivity index (χ4v) is 0.800. The summed E-state index contributed by atoms with van der Waals surface area (Å²) in [6, 6.07) is 2.45. The number of hydrogen-bond acceptors (Lipinski definition) is 9. The Morgan fingerprint density at radius 3 is 1.11 bits per heavy atom. The lowest BCUT2D eigenvalue weighted by atomic mass is 10.2. The molecule has 6 N–H and O–H groups in total. The lowest BCUT2D eigenvalue weighted by molar-refractivity contribution is -0.134. The number of nitrogens with one attached hydrogen (secondary N) is 3. The average molecular weight is 543 g/mol. The van der Waals surface area contributed by atoms with Gasteiger partial charge in [0.05, 0.1) is 6.01 Å². The molecule has 0 spiro atoms. The second-order valence-electron chi connectivity index (χ2n) is 7.63. The first kappa shape index (κ1) is 54.6. The average Bonchev–Trinajstić information content (AvgIpc) is 2.72. The molecule has 0 aromatic rings. The highest BCUT2D eigenvalue weighted by molar-refractivity contribution is 5.72. The van der Waals surface area contributed by atoms with Gasteiger partial charge in [-0.05, 0) is 55.5 Å². The number of aliphatic carboxylic acids is 1. The van der Waals surface area contributed by atoms with E-state index in [0.717, 1.165) is 13.5 Å². The van der Waals surface area contributed by atoms with E-state index in [0.29, 0.717) is 0 Å². The van der Waals surface area contributed by atoms with Gasteiger partial charge < -0.3 is 36.3 Å². The molecule has 0 rings (SSSR count). The van der Waals surface area contributed by atoms with Gasteiger partial charge in [0.1, 0.15) is 11.2 Å². The number of alkyl carbamates (subject to hydrolysis) is 2. The third-order valence-corrected chi connectivity index (χ3v) is 1.89. The maximum Gasteiger partial charge on any atom is 0.407 e. The molecule has 0 aromatic heterocycles. The molecule has 3 amide bonds. The zero-order valence-electron chi connectivity index (χ0n) is 24.1. The number of hydrogen-bond donors (Lipinski definition) is 5. The zero-order chi connectivity index (χ0) is 29.7. The summed E-state index contributed by atoms with van der Waals surface area (Å²) in [5.74, 6) is -0.829. The lowest BCUT2D eigenvalue weighted by Crippen LogP contribution is -2.30. The number of amides is 3. The third kappa shape index (κ3) is 125. The molecular weight excluding hydrogens is 484 g/mol. The number of nitrogens with two attached hydrogens (primary N) is 1. The summed E-state index contributed by atoms with van der Waals surface area (Å²) in [5, 5.41) is 14.5. The van der Waals surface area contributed by atoms with Gasteiger partial charge in [0, 0.05) is 48.6 Å². The summed E-state index contributed by atoms with van der Waals surface area (Å²) < 4.78 is 9.67. The number of carbonyl (C=O) groups excluding carboxylic acids is 3. The van der Waals surface area contributed by atoms with Crippen molar-refractivity contribution in [2.24, 2.45) is 15.7 Å². The maximum atomic E-state index is 10.5. The van der Waals surface area contributed by atoms with Gasteiger partial charge >= 0.3 is 12.2 Å². The van der Waals surface area contributed by atoms with E-state index in [-0.39, 0.29) is 44.1 Å². The molecule has 37 heavy (non-hydrogen) atoms. The summed E-state index contributed by atoms with van der Waals surface area (Å²) in [6.45, 7) is 16.2. The van der Waals surface area contributed by atoms with Gasteiger partial charge in [0.15, 0.2) is 0 Å². The molecule has 0 aliphatic heterocycles. The number of rotatable bonds is 1. The molecule has 13 heteroatoms. The molecule has 0 aliphatic rings. The highest BCUT2D eigenvalue weighted by atomic mass is 16.6. The first-order valence-corrected chi connectivity index (χ1v) is 10.6. The summed E-state index contributed by atoms with van der Waals surface area (Å²) in [6.07, 6.45) is -0.773. The van der Waals surface area contributed by atoms with Crippen LogP contribution in [0.2, 0.25) is 0 Å². The highest BCUT2D eigenvalue weighted by Crippen LogP contribution is 2.06. The van der Waals surface area contributed by atoms with Crippen LogP contribution in [0.5, 0.6) is 0 Å². The van der Waals surface area contributed by atoms with Crippen molar-refractivity contribution in [2.45, 2.75) is 88.4 Å². The molecule has 0 saturated carbocycles. The van der Waals surface area contributed by atoms with Crippen molar-refractivity contribution in [3.63, 3.8) is 0 Å². The van der Waals surface area contributed by atoms with E-state index in [1.165, 1.54) is 28.1 Å². The zero-order valence-corrected chi connectivity index (χ0v) is 24.1. The third-order valence-electron chi connectivity index (χ3n) is 1.89. The maximum absolute atomic E-state index is 10.5. The van der Waals surface area contributed by atoms with Crippen LogP contribution in [0.25, 0.3) is 0 Å². The molecule has 13 nitrogen and oxygen atoms in total. The number of ether oxygens (including phenoxy) is 2. The Morgan fingerprint density at radius 1 is 0.811 bits per heavy atom. The molecule has 0 saturated heterocycles. The fourth-order valence-electron chi connectivity index (χ4n) is 0.800. The molecule has 0 aliphatic carbocycles. The van der Waals surface area contributed by atoms with Crippen molar-refractivity contribution < 1.29 is 33.8 Å². The molecule has 0 fully saturated rings. The molecule has 0 bridgehead atoms. The summed E-state index contributed by atoms with van der Waals surface area (Å²) in [4.78, 5) is 46.9. The molecular formula is C24H58N6O7. The molecule has 226 valence electrons. The Kier molecular flexibility index (Phi) is 55.2. The number of aliphatic imine (C=N–C) groups is 2. The van der Waals surface area contributed by atoms with Crippen molar-refractivity contribution in [2.75, 3.05) is 41.8 Å². The Labute approximate surface area is 226 Å². The van der Waals surface area contributed by atoms with Crippen molar-refractivity contribution in [3.05, 3.63) is 0 Å². The van der Waals surface area contributed by atoms with Gasteiger partial charge in [-0.15, -0.1) is 0 Å². The van der Waals surface area contributed by atoms with Crippen LogP contribution in [-0.2, 0) is 19.1 Å². The van der Waals surface area contributed by atoms with E-state index in [1.807, 2.05) is 48.5 Å². The predicted molar refractivity (Wildman–Crippen MR) is 154 cm³/mol. The predicted octanol–water partition coefficient (Wildman–Crippen LogP) is 3.78. The largest absolute Gasteiger partial charge is 0.481 e. The second-order valence-corrected chi connectivity index (χ2v) is 7.63. The first-order chi connectivity index (χ1) is 15.8. The topological polar surface area (TPSA) is 194 Å². The minimum Gasteiger partial charge on any atom is -0.481 e. The summed E-state index contributed by atoms with van der Waals surface area (Å²) >= 11 is 0. The second kappa shape index (κ2) is 37.4. The van der Waals surface area contributed by atoms with E-state index in [1.54, 1.807) is 14.1 Å². The Hall–Kier alpha value is -3.18. The van der Waals surface area contributed by atoms with Crippen LogP contribution in [0.3, 0.4) is 0 Å². The van der Waals surface area contributed by atoms with Crippen molar-refractivity contribution >= 4 is 30.1 Å². The monoisotopic (exact) mass is 542 g/mol. The Bertz CT molecular complexity index is 561. The van der Waals surface area contributed by atoms with Gasteiger partial charge in [-0.1, -0.05) is 14.9 Å². The number of nitrogens with zero attached hydrogens (tertiary/aromatic N) is 2. The van der Waals surface area contributed by atoms with Gasteiger partial charge in [-0.2, -0.15) is 0 Å². The van der Waals surface area contributed by atoms with Crippen LogP contribution < -0.4 is 21.7 Å². The van der Waals surface area contributed by atoms with E-state index in [4.69, 9.17) is 19.4 Å². The van der Waals surface area contributed by atoms with Crippen molar-refractivity contribution in [3.8, 4) is 0 Å². The van der Waals surface area contributed by atoms with E-state index < -0.39 is 5.97 Å². The Morgan fingerprint density at radius 2 is 1.05 bits per heavy atom. The minimum absolute atomic E-state index is 0. The van der Waals surface area contributed by atoms with Crippen LogP contribution in [0.4, 0.5) is 9.59 Å². The van der Waals surface area contributed by atoms with E-state index in [2.05, 4.69) is 37.7 Å². The van der Waals surface area contributed by atoms with Crippen LogP contribution in [0.15, 0.2) is 9.98 Å². The highest BCUT2D eigenvalue weighted by Gasteiger charge is 2.14. The van der Waals surface area contributed by atoms with Crippen molar-refractivity contribution in [1.29, 1.82) is 0 Å². The van der Waals surface area contributed by atoms with Crippen LogP contribution in [0.1, 0.15) is 77.2 Å². The molecule has 0 aromatic carbocycles. The van der Waals surface area contributed by atoms with Crippen molar-refractivity contribution in [1.82, 2.24) is 16.0 Å². The van der Waals surface area contributed by atoms with Crippen LogP contribution in [-0.4, -0.2) is 88.2 Å². The Balaban J connectivity index is -0.0000000472. The van der Waals surface area contributed by atoms with Gasteiger partial charge in [-0.3, -0.25) is 9.59 Å². The molecule has 0 unspecified atom stereocenters. The van der Waals surface area contributed by atoms with Gasteiger partial charge in [0.2, 0.25) is 5.91 Å². The standard InChI is InChI=1S/2C6H13NO2.C4H8N2.C3H7NO.C2H4O2.CH5N.2CH4/c2*1-6(2,3)9-5(8)7-4;1-3-6-4-5-2;1-3(5)4-2;1-2(3)4;1-2;;/h2*1-4H3,(H,7,8);3H2,1-2H3;1-2H3,(H,4,5);1H3,(H,3,4);2H2,1H3;2*1H4. The quantitative estimate of drug-likeness (QED) is 0.309. The van der Waals surface area contributed by atoms with E-state index >= 15 is 0 Å². The SMILES string of the molecule is C.C.CC(=O)O.CCN=C=NC.CN.CNC(=O)OC(C)(C)C.CNC(=O)OC(C)(C)C.CNC(C)=O. The lowest BCUT2D eigenvalue weighted by Gasteiger charge is -2.18. The summed E-state index contributed by atoms with van der Waals surface area (Å²) in [7, 11) is 7.82. The van der Waals surface area contributed by atoms with Crippen LogP contribution >= 0.6 is 0 Å². The van der Waals surface area contributed by atoms with Gasteiger partial charge in [0.25, 0.3) is 5.97 Å². The molecule has 0 radical (unpaired) electrons. The number of carboxylic acids is 1. The number of carbonyl (C=O) groups is 4. The van der Waals surface area contributed by atoms with Crippen LogP contribution in [0, 0.1) is 0 Å². The molecule has 0 atom stereocenters. The summed E-state index contributed by atoms with van der Waals surface area (Å²) in [5.41, 5.74) is 3.72.